The number of anilines is 2. The van der Waals surface area contributed by atoms with Crippen LogP contribution < -0.4 is 10.6 Å². The summed E-state index contributed by atoms with van der Waals surface area (Å²) in [4.78, 5) is 24.8. The first-order valence-corrected chi connectivity index (χ1v) is 6.52. The smallest absolute Gasteiger partial charge is 0.340 e. The van der Waals surface area contributed by atoms with Crippen molar-refractivity contribution in [1.82, 2.24) is 4.37 Å². The summed E-state index contributed by atoms with van der Waals surface area (Å²) in [6, 6.07) is 6.53. The van der Waals surface area contributed by atoms with Crippen molar-refractivity contribution in [3.8, 4) is 0 Å². The number of nitrogen functional groups attached to an aromatic ring is 1. The van der Waals surface area contributed by atoms with E-state index in [2.05, 4.69) is 4.37 Å². The molecule has 0 saturated heterocycles. The Balaban J connectivity index is 2.39. The molecule has 0 atom stereocenters. The molecule has 20 heavy (non-hydrogen) atoms. The van der Waals surface area contributed by atoms with Crippen molar-refractivity contribution in [3.63, 3.8) is 0 Å². The molecule has 0 aliphatic heterocycles. The van der Waals surface area contributed by atoms with E-state index in [4.69, 9.17) is 5.73 Å². The van der Waals surface area contributed by atoms with Crippen LogP contribution in [0.5, 0.6) is 0 Å². The summed E-state index contributed by atoms with van der Waals surface area (Å²) in [6.45, 7) is 1.60. The third-order valence-corrected chi connectivity index (χ3v) is 3.82. The second-order valence-corrected chi connectivity index (χ2v) is 4.99. The molecule has 0 unspecified atom stereocenters. The SMILES string of the molecule is Cc1nsc(N(C)C(=O)c2cccc(N)c2)c1C(=O)O. The first-order valence-electron chi connectivity index (χ1n) is 5.75. The summed E-state index contributed by atoms with van der Waals surface area (Å²) in [5, 5.41) is 9.50. The molecule has 2 aromatic rings. The highest BCUT2D eigenvalue weighted by molar-refractivity contribution is 7.11. The summed E-state index contributed by atoms with van der Waals surface area (Å²) in [5.41, 5.74) is 6.96. The van der Waals surface area contributed by atoms with Crippen LogP contribution in [0, 0.1) is 6.92 Å². The van der Waals surface area contributed by atoms with Crippen molar-refractivity contribution in [2.24, 2.45) is 0 Å². The standard InChI is InChI=1S/C13H13N3O3S/c1-7-10(13(18)19)12(20-15-7)16(2)11(17)8-4-3-5-9(14)6-8/h3-6H,14H2,1-2H3,(H,18,19). The van der Waals surface area contributed by atoms with Crippen molar-refractivity contribution >= 4 is 34.1 Å². The van der Waals surface area contributed by atoms with Gasteiger partial charge in [0.2, 0.25) is 0 Å². The molecule has 6 nitrogen and oxygen atoms in total. The van der Waals surface area contributed by atoms with Gasteiger partial charge in [0.25, 0.3) is 5.91 Å². The first-order chi connectivity index (χ1) is 9.41. The number of hydrogen-bond donors (Lipinski definition) is 2. The zero-order chi connectivity index (χ0) is 14.9. The van der Waals surface area contributed by atoms with Crippen LogP contribution in [-0.4, -0.2) is 28.4 Å². The summed E-state index contributed by atoms with van der Waals surface area (Å²) in [7, 11) is 1.52. The highest BCUT2D eigenvalue weighted by Gasteiger charge is 2.24. The van der Waals surface area contributed by atoms with Crippen LogP contribution in [0.25, 0.3) is 0 Å². The average Bonchev–Trinajstić information content (AvgIpc) is 2.79. The normalized spacial score (nSPS) is 10.3. The molecule has 104 valence electrons. The van der Waals surface area contributed by atoms with Crippen LogP contribution >= 0.6 is 11.5 Å². The summed E-state index contributed by atoms with van der Waals surface area (Å²) in [5.74, 6) is -1.43. The van der Waals surface area contributed by atoms with Crippen LogP contribution in [0.2, 0.25) is 0 Å². The Hall–Kier alpha value is -2.41. The fourth-order valence-electron chi connectivity index (χ4n) is 1.79. The number of carbonyl (C=O) groups excluding carboxylic acids is 1. The fraction of sp³-hybridized carbons (Fsp3) is 0.154. The molecule has 7 heteroatoms. The van der Waals surface area contributed by atoms with Gasteiger partial charge in [0, 0.05) is 18.3 Å². The maximum absolute atomic E-state index is 12.3. The van der Waals surface area contributed by atoms with E-state index in [1.165, 1.54) is 11.9 Å². The lowest BCUT2D eigenvalue weighted by Gasteiger charge is -2.16. The molecule has 2 rings (SSSR count). The number of hydrogen-bond acceptors (Lipinski definition) is 5. The number of nitrogens with zero attached hydrogens (tertiary/aromatic N) is 2. The Morgan fingerprint density at radius 2 is 2.10 bits per heavy atom. The van der Waals surface area contributed by atoms with Crippen LogP contribution in [0.4, 0.5) is 10.7 Å². The lowest BCUT2D eigenvalue weighted by molar-refractivity contribution is 0.0697. The van der Waals surface area contributed by atoms with Crippen molar-refractivity contribution in [2.45, 2.75) is 6.92 Å². The number of aromatic carboxylic acids is 1. The molecule has 0 fully saturated rings. The number of carboxylic acids is 1. The maximum Gasteiger partial charge on any atom is 0.340 e. The van der Waals surface area contributed by atoms with Crippen LogP contribution in [0.1, 0.15) is 26.4 Å². The second-order valence-electron chi connectivity index (χ2n) is 4.24. The largest absolute Gasteiger partial charge is 0.478 e. The zero-order valence-corrected chi connectivity index (χ0v) is 11.8. The van der Waals surface area contributed by atoms with Crippen LogP contribution in [0.15, 0.2) is 24.3 Å². The monoisotopic (exact) mass is 291 g/mol. The van der Waals surface area contributed by atoms with Crippen molar-refractivity contribution in [1.29, 1.82) is 0 Å². The van der Waals surface area contributed by atoms with Gasteiger partial charge in [-0.3, -0.25) is 4.79 Å². The summed E-state index contributed by atoms with van der Waals surface area (Å²) in [6.07, 6.45) is 0. The van der Waals surface area contributed by atoms with E-state index in [9.17, 15) is 14.7 Å². The highest BCUT2D eigenvalue weighted by Crippen LogP contribution is 2.29. The molecule has 0 radical (unpaired) electrons. The Morgan fingerprint density at radius 3 is 2.70 bits per heavy atom. The minimum absolute atomic E-state index is 0.0507. The fourth-order valence-corrected chi connectivity index (χ4v) is 2.64. The van der Waals surface area contributed by atoms with Crippen molar-refractivity contribution in [2.75, 3.05) is 17.7 Å². The Labute approximate surface area is 119 Å². The maximum atomic E-state index is 12.3. The van der Waals surface area contributed by atoms with E-state index in [0.29, 0.717) is 21.9 Å². The number of rotatable bonds is 3. The van der Waals surface area contributed by atoms with Gasteiger partial charge in [-0.15, -0.1) is 0 Å². The Kier molecular flexibility index (Phi) is 3.71. The first kappa shape index (κ1) is 14.0. The van der Waals surface area contributed by atoms with E-state index in [1.54, 1.807) is 31.2 Å². The number of aromatic nitrogens is 1. The summed E-state index contributed by atoms with van der Waals surface area (Å²) >= 11 is 0.983. The molecule has 3 N–H and O–H groups in total. The number of benzene rings is 1. The lowest BCUT2D eigenvalue weighted by Crippen LogP contribution is -2.27. The average molecular weight is 291 g/mol. The number of carboxylic acid groups (broad SMARTS) is 1. The molecule has 0 saturated carbocycles. The van der Waals surface area contributed by atoms with Crippen LogP contribution in [0.3, 0.4) is 0 Å². The van der Waals surface area contributed by atoms with E-state index >= 15 is 0 Å². The topological polar surface area (TPSA) is 96.5 Å². The Morgan fingerprint density at radius 1 is 1.40 bits per heavy atom. The predicted molar refractivity (Wildman–Crippen MR) is 77.4 cm³/mol. The van der Waals surface area contributed by atoms with Gasteiger partial charge in [0.05, 0.1) is 5.69 Å². The van der Waals surface area contributed by atoms with Gasteiger partial charge >= 0.3 is 5.97 Å². The number of aryl methyl sites for hydroxylation is 1. The molecular formula is C13H13N3O3S. The minimum Gasteiger partial charge on any atom is -0.478 e. The van der Waals surface area contributed by atoms with Gasteiger partial charge in [-0.2, -0.15) is 4.37 Å². The van der Waals surface area contributed by atoms with E-state index in [1.807, 2.05) is 0 Å². The molecule has 0 aliphatic rings. The Bertz CT molecular complexity index is 681. The zero-order valence-electron chi connectivity index (χ0n) is 11.0. The molecule has 0 bridgehead atoms. The second kappa shape index (κ2) is 5.30. The minimum atomic E-state index is -1.10. The highest BCUT2D eigenvalue weighted by atomic mass is 32.1. The molecule has 1 heterocycles. The van der Waals surface area contributed by atoms with Gasteiger partial charge in [-0.05, 0) is 36.7 Å². The van der Waals surface area contributed by atoms with Gasteiger partial charge in [0.1, 0.15) is 10.6 Å². The molecule has 1 aromatic heterocycles. The third-order valence-electron chi connectivity index (χ3n) is 2.80. The number of carbonyl (C=O) groups is 2. The lowest BCUT2D eigenvalue weighted by atomic mass is 10.1. The van der Waals surface area contributed by atoms with Crippen molar-refractivity contribution < 1.29 is 14.7 Å². The van der Waals surface area contributed by atoms with Gasteiger partial charge in [0.15, 0.2) is 0 Å². The van der Waals surface area contributed by atoms with E-state index < -0.39 is 5.97 Å². The quantitative estimate of drug-likeness (QED) is 0.843. The van der Waals surface area contributed by atoms with Crippen molar-refractivity contribution in [3.05, 3.63) is 41.1 Å². The molecule has 0 aliphatic carbocycles. The molecule has 1 aromatic carbocycles. The van der Waals surface area contributed by atoms with Crippen LogP contribution in [-0.2, 0) is 0 Å². The third kappa shape index (κ3) is 2.48. The van der Waals surface area contributed by atoms with Gasteiger partial charge < -0.3 is 15.7 Å². The van der Waals surface area contributed by atoms with Gasteiger partial charge in [-0.1, -0.05) is 6.07 Å². The summed E-state index contributed by atoms with van der Waals surface area (Å²) < 4.78 is 3.99. The van der Waals surface area contributed by atoms with E-state index in [0.717, 1.165) is 11.5 Å². The van der Waals surface area contributed by atoms with E-state index in [-0.39, 0.29) is 11.5 Å². The van der Waals surface area contributed by atoms with Gasteiger partial charge in [-0.25, -0.2) is 4.79 Å². The molecule has 0 spiro atoms. The molecular weight excluding hydrogens is 278 g/mol. The predicted octanol–water partition coefficient (Wildman–Crippen LogP) is 2.01. The number of amides is 1. The number of nitrogens with two attached hydrogens (primary N) is 1. The molecule has 1 amide bonds.